The van der Waals surface area contributed by atoms with E-state index < -0.39 is 14.6 Å². The van der Waals surface area contributed by atoms with Gasteiger partial charge in [0.25, 0.3) is 0 Å². The van der Waals surface area contributed by atoms with Crippen molar-refractivity contribution in [2.75, 3.05) is 6.26 Å². The quantitative estimate of drug-likeness (QED) is 0.774. The van der Waals surface area contributed by atoms with Crippen LogP contribution in [0, 0.1) is 5.41 Å². The zero-order valence-electron chi connectivity index (χ0n) is 10.8. The maximum absolute atomic E-state index is 11.5. The van der Waals surface area contributed by atoms with Crippen LogP contribution >= 0.6 is 0 Å². The normalized spacial score (nSPS) is 13.8. The molecule has 0 heterocycles. The second kappa shape index (κ2) is 4.73. The van der Waals surface area contributed by atoms with Gasteiger partial charge in [-0.25, -0.2) is 8.42 Å². The topological polar surface area (TPSA) is 77.2 Å². The highest BCUT2D eigenvalue weighted by Crippen LogP contribution is 2.32. The molecule has 0 aromatic carbocycles. The summed E-state index contributed by atoms with van der Waals surface area (Å²) in [7, 11) is -3.07. The first-order valence-corrected chi connectivity index (χ1v) is 7.24. The SMILES string of the molecule is CC(C)(CCC(C)(C)S(C)(=O)=O)CC(N)=O. The molecule has 1 amide bonds. The molecule has 2 N–H and O–H groups in total. The van der Waals surface area contributed by atoms with Crippen LogP contribution in [0.15, 0.2) is 0 Å². The highest BCUT2D eigenvalue weighted by Gasteiger charge is 2.32. The molecular weight excluding hydrogens is 226 g/mol. The minimum atomic E-state index is -3.07. The molecule has 0 aliphatic heterocycles. The molecule has 0 radical (unpaired) electrons. The largest absolute Gasteiger partial charge is 0.370 e. The van der Waals surface area contributed by atoms with Gasteiger partial charge in [0.05, 0.1) is 4.75 Å². The summed E-state index contributed by atoms with van der Waals surface area (Å²) < 4.78 is 22.3. The van der Waals surface area contributed by atoms with Crippen molar-refractivity contribution in [3.63, 3.8) is 0 Å². The van der Waals surface area contributed by atoms with Crippen molar-refractivity contribution >= 4 is 15.7 Å². The van der Waals surface area contributed by atoms with E-state index in [-0.39, 0.29) is 17.7 Å². The van der Waals surface area contributed by atoms with Gasteiger partial charge in [-0.1, -0.05) is 13.8 Å². The van der Waals surface area contributed by atoms with E-state index in [1.165, 1.54) is 6.26 Å². The summed E-state index contributed by atoms with van der Waals surface area (Å²) in [5.74, 6) is -0.345. The van der Waals surface area contributed by atoms with E-state index in [4.69, 9.17) is 5.73 Å². The average molecular weight is 249 g/mol. The summed E-state index contributed by atoms with van der Waals surface area (Å²) in [6.07, 6.45) is 2.73. The molecule has 0 spiro atoms. The first kappa shape index (κ1) is 15.4. The smallest absolute Gasteiger partial charge is 0.217 e. The monoisotopic (exact) mass is 249 g/mol. The van der Waals surface area contributed by atoms with E-state index in [9.17, 15) is 13.2 Å². The highest BCUT2D eigenvalue weighted by molar-refractivity contribution is 7.92. The van der Waals surface area contributed by atoms with Crippen molar-refractivity contribution in [1.82, 2.24) is 0 Å². The number of sulfone groups is 1. The Morgan fingerprint density at radius 1 is 1.12 bits per heavy atom. The first-order chi connectivity index (χ1) is 6.87. The zero-order chi connectivity index (χ0) is 13.2. The Kier molecular flexibility index (Phi) is 4.56. The summed E-state index contributed by atoms with van der Waals surface area (Å²) in [6.45, 7) is 7.28. The van der Waals surface area contributed by atoms with Gasteiger partial charge in [-0.15, -0.1) is 0 Å². The molecule has 0 fully saturated rings. The second-order valence-corrected chi connectivity index (χ2v) is 8.49. The Hall–Kier alpha value is -0.580. The lowest BCUT2D eigenvalue weighted by Crippen LogP contribution is -2.33. The average Bonchev–Trinajstić information content (AvgIpc) is 1.96. The molecule has 0 aromatic rings. The predicted molar refractivity (Wildman–Crippen MR) is 65.7 cm³/mol. The van der Waals surface area contributed by atoms with Crippen LogP contribution < -0.4 is 5.73 Å². The molecule has 0 unspecified atom stereocenters. The molecule has 0 saturated carbocycles. The Bertz CT molecular complexity index is 355. The fourth-order valence-corrected chi connectivity index (χ4v) is 1.86. The second-order valence-electron chi connectivity index (χ2n) is 5.84. The van der Waals surface area contributed by atoms with E-state index in [1.54, 1.807) is 13.8 Å². The van der Waals surface area contributed by atoms with Crippen molar-refractivity contribution in [2.24, 2.45) is 11.1 Å². The van der Waals surface area contributed by atoms with Crippen LogP contribution in [0.3, 0.4) is 0 Å². The third kappa shape index (κ3) is 4.96. The van der Waals surface area contributed by atoms with Gasteiger partial charge in [-0.3, -0.25) is 4.79 Å². The Balaban J connectivity index is 4.51. The molecule has 96 valence electrons. The van der Waals surface area contributed by atoms with Gasteiger partial charge in [0, 0.05) is 12.7 Å². The van der Waals surface area contributed by atoms with Crippen LogP contribution in [0.1, 0.15) is 47.0 Å². The van der Waals surface area contributed by atoms with Crippen molar-refractivity contribution in [2.45, 2.75) is 51.7 Å². The Morgan fingerprint density at radius 3 is 1.88 bits per heavy atom. The lowest BCUT2D eigenvalue weighted by Gasteiger charge is -2.29. The van der Waals surface area contributed by atoms with Gasteiger partial charge in [0.15, 0.2) is 9.84 Å². The van der Waals surface area contributed by atoms with Crippen molar-refractivity contribution in [3.8, 4) is 0 Å². The maximum atomic E-state index is 11.5. The minimum Gasteiger partial charge on any atom is -0.370 e. The van der Waals surface area contributed by atoms with Gasteiger partial charge < -0.3 is 5.73 Å². The fraction of sp³-hybridized carbons (Fsp3) is 0.909. The van der Waals surface area contributed by atoms with Crippen LogP contribution in [0.25, 0.3) is 0 Å². The fourth-order valence-electron chi connectivity index (χ4n) is 1.38. The number of hydrogen-bond donors (Lipinski definition) is 1. The van der Waals surface area contributed by atoms with E-state index in [0.29, 0.717) is 12.8 Å². The number of nitrogens with two attached hydrogens (primary N) is 1. The van der Waals surface area contributed by atoms with Gasteiger partial charge in [-0.05, 0) is 32.1 Å². The Labute approximate surface area is 98.5 Å². The minimum absolute atomic E-state index is 0.242. The third-order valence-electron chi connectivity index (χ3n) is 3.06. The zero-order valence-corrected chi connectivity index (χ0v) is 11.6. The van der Waals surface area contributed by atoms with Crippen molar-refractivity contribution in [3.05, 3.63) is 0 Å². The summed E-state index contributed by atoms with van der Waals surface area (Å²) in [6, 6.07) is 0. The van der Waals surface area contributed by atoms with Crippen LogP contribution in [0.2, 0.25) is 0 Å². The molecule has 0 aliphatic carbocycles. The van der Waals surface area contributed by atoms with Gasteiger partial charge in [0.1, 0.15) is 0 Å². The van der Waals surface area contributed by atoms with Gasteiger partial charge in [0.2, 0.25) is 5.91 Å². The predicted octanol–water partition coefficient (Wildman–Crippen LogP) is 1.49. The van der Waals surface area contributed by atoms with Crippen LogP contribution in [-0.4, -0.2) is 25.3 Å². The lowest BCUT2D eigenvalue weighted by atomic mass is 9.82. The number of amides is 1. The van der Waals surface area contributed by atoms with E-state index >= 15 is 0 Å². The van der Waals surface area contributed by atoms with E-state index in [2.05, 4.69) is 0 Å². The molecule has 4 nitrogen and oxygen atoms in total. The molecule has 0 atom stereocenters. The van der Waals surface area contributed by atoms with Crippen molar-refractivity contribution < 1.29 is 13.2 Å². The van der Waals surface area contributed by atoms with Crippen LogP contribution in [-0.2, 0) is 14.6 Å². The number of carbonyl (C=O) groups is 1. The van der Waals surface area contributed by atoms with Crippen molar-refractivity contribution in [1.29, 1.82) is 0 Å². The van der Waals surface area contributed by atoms with Gasteiger partial charge >= 0.3 is 0 Å². The molecule has 0 aromatic heterocycles. The molecule has 0 bridgehead atoms. The Morgan fingerprint density at radius 2 is 1.56 bits per heavy atom. The summed E-state index contributed by atoms with van der Waals surface area (Å²) >= 11 is 0. The standard InChI is InChI=1S/C11H23NO3S/c1-10(2,8-9(12)13)6-7-11(3,4)16(5,14)15/h6-8H2,1-5H3,(H2,12,13). The van der Waals surface area contributed by atoms with E-state index in [0.717, 1.165) is 0 Å². The summed E-state index contributed by atoms with van der Waals surface area (Å²) in [5.41, 5.74) is 4.90. The summed E-state index contributed by atoms with van der Waals surface area (Å²) in [4.78, 5) is 10.8. The number of rotatable bonds is 6. The molecule has 0 rings (SSSR count). The summed E-state index contributed by atoms with van der Waals surface area (Å²) in [5, 5.41) is 0. The first-order valence-electron chi connectivity index (χ1n) is 5.35. The number of hydrogen-bond acceptors (Lipinski definition) is 3. The van der Waals surface area contributed by atoms with Gasteiger partial charge in [-0.2, -0.15) is 0 Å². The molecule has 16 heavy (non-hydrogen) atoms. The third-order valence-corrected chi connectivity index (χ3v) is 5.27. The molecule has 0 saturated heterocycles. The molecule has 5 heteroatoms. The molecular formula is C11H23NO3S. The van der Waals surface area contributed by atoms with E-state index in [1.807, 2.05) is 13.8 Å². The van der Waals surface area contributed by atoms with Crippen LogP contribution in [0.5, 0.6) is 0 Å². The highest BCUT2D eigenvalue weighted by atomic mass is 32.2. The number of carbonyl (C=O) groups excluding carboxylic acids is 1. The molecule has 0 aliphatic rings. The maximum Gasteiger partial charge on any atom is 0.217 e. The van der Waals surface area contributed by atoms with Crippen LogP contribution in [0.4, 0.5) is 0 Å². The number of primary amides is 1. The lowest BCUT2D eigenvalue weighted by molar-refractivity contribution is -0.120.